The second kappa shape index (κ2) is 13.5. The molecule has 11 heteroatoms. The number of rotatable bonds is 12. The lowest BCUT2D eigenvalue weighted by molar-refractivity contribution is -0.143. The van der Waals surface area contributed by atoms with Crippen LogP contribution in [0.5, 0.6) is 0 Å². The standard InChI is InChI=1S/C19H27N5O6/c1-3-4-9-29-19(27)24-15(18(26)28-2)11-22-16(25)12-30-23-10-13-5-7-14(8-6-13)17(20)21/h5-8,10,15H,3-4,9,11-12H2,1-2H3,(H3,20,21)(H,22,25)(H,24,27)/b23-10+. The van der Waals surface area contributed by atoms with Gasteiger partial charge in [0.05, 0.1) is 19.9 Å². The number of amides is 2. The molecular formula is C19H27N5O6. The van der Waals surface area contributed by atoms with E-state index in [2.05, 4.69) is 20.5 Å². The number of benzene rings is 1. The number of unbranched alkanes of at least 4 members (excludes halogenated alkanes) is 1. The molecule has 2 amide bonds. The van der Waals surface area contributed by atoms with Crippen LogP contribution in [0.2, 0.25) is 0 Å². The molecule has 0 aliphatic carbocycles. The van der Waals surface area contributed by atoms with Crippen molar-refractivity contribution in [2.75, 3.05) is 26.9 Å². The van der Waals surface area contributed by atoms with Crippen molar-refractivity contribution in [3.63, 3.8) is 0 Å². The lowest BCUT2D eigenvalue weighted by Crippen LogP contribution is -2.49. The second-order valence-corrected chi connectivity index (χ2v) is 6.06. The average Bonchev–Trinajstić information content (AvgIpc) is 2.74. The summed E-state index contributed by atoms with van der Waals surface area (Å²) >= 11 is 0. The highest BCUT2D eigenvalue weighted by molar-refractivity contribution is 5.95. The molecule has 1 aromatic rings. The summed E-state index contributed by atoms with van der Waals surface area (Å²) in [6, 6.07) is 5.59. The van der Waals surface area contributed by atoms with Gasteiger partial charge in [-0.1, -0.05) is 42.8 Å². The lowest BCUT2D eigenvalue weighted by Gasteiger charge is -2.16. The first-order valence-corrected chi connectivity index (χ1v) is 9.25. The number of carbonyl (C=O) groups excluding carboxylic acids is 3. The predicted octanol–water partition coefficient (Wildman–Crippen LogP) is 0.505. The fourth-order valence-corrected chi connectivity index (χ4v) is 2.04. The van der Waals surface area contributed by atoms with E-state index in [0.717, 1.165) is 6.42 Å². The van der Waals surface area contributed by atoms with E-state index >= 15 is 0 Å². The first-order chi connectivity index (χ1) is 14.4. The quantitative estimate of drug-likeness (QED) is 0.125. The number of oxime groups is 1. The smallest absolute Gasteiger partial charge is 0.407 e. The normalized spacial score (nSPS) is 11.4. The molecule has 0 bridgehead atoms. The molecule has 0 saturated carbocycles. The van der Waals surface area contributed by atoms with Gasteiger partial charge in [0.15, 0.2) is 6.61 Å². The molecule has 0 saturated heterocycles. The van der Waals surface area contributed by atoms with Crippen LogP contribution in [0.25, 0.3) is 0 Å². The van der Waals surface area contributed by atoms with Crippen molar-refractivity contribution in [1.29, 1.82) is 5.41 Å². The first kappa shape index (κ1) is 24.4. The van der Waals surface area contributed by atoms with Crippen LogP contribution < -0.4 is 16.4 Å². The van der Waals surface area contributed by atoms with Crippen LogP contribution in [0.3, 0.4) is 0 Å². The molecule has 1 atom stereocenters. The van der Waals surface area contributed by atoms with Crippen LogP contribution in [0, 0.1) is 5.41 Å². The Kier molecular flexibility index (Phi) is 11.0. The van der Waals surface area contributed by atoms with E-state index in [-0.39, 0.29) is 19.0 Å². The van der Waals surface area contributed by atoms with Crippen molar-refractivity contribution in [2.45, 2.75) is 25.8 Å². The highest BCUT2D eigenvalue weighted by Gasteiger charge is 2.23. The Morgan fingerprint density at radius 3 is 2.57 bits per heavy atom. The maximum absolute atomic E-state index is 11.8. The van der Waals surface area contributed by atoms with Gasteiger partial charge in [0.2, 0.25) is 0 Å². The Morgan fingerprint density at radius 2 is 1.97 bits per heavy atom. The highest BCUT2D eigenvalue weighted by atomic mass is 16.6. The van der Waals surface area contributed by atoms with E-state index in [1.54, 1.807) is 24.3 Å². The monoisotopic (exact) mass is 421 g/mol. The van der Waals surface area contributed by atoms with Gasteiger partial charge in [0, 0.05) is 12.1 Å². The second-order valence-electron chi connectivity index (χ2n) is 6.06. The summed E-state index contributed by atoms with van der Waals surface area (Å²) in [6.45, 7) is 1.58. The number of esters is 1. The van der Waals surface area contributed by atoms with Gasteiger partial charge >= 0.3 is 12.1 Å². The van der Waals surface area contributed by atoms with Gasteiger partial charge in [-0.2, -0.15) is 0 Å². The Morgan fingerprint density at radius 1 is 1.27 bits per heavy atom. The molecule has 1 rings (SSSR count). The number of amidine groups is 1. The Bertz CT molecular complexity index is 750. The number of alkyl carbamates (subject to hydrolysis) is 1. The first-order valence-electron chi connectivity index (χ1n) is 9.25. The van der Waals surface area contributed by atoms with E-state index < -0.39 is 30.6 Å². The molecule has 0 spiro atoms. The van der Waals surface area contributed by atoms with Crippen LogP contribution in [0.1, 0.15) is 30.9 Å². The van der Waals surface area contributed by atoms with Gasteiger partial charge in [-0.3, -0.25) is 10.2 Å². The Labute approximate surface area is 174 Å². The van der Waals surface area contributed by atoms with Crippen LogP contribution in [0.4, 0.5) is 4.79 Å². The summed E-state index contributed by atoms with van der Waals surface area (Å²) in [4.78, 5) is 40.2. The summed E-state index contributed by atoms with van der Waals surface area (Å²) in [5.41, 5.74) is 6.64. The van der Waals surface area contributed by atoms with Gasteiger partial charge in [-0.05, 0) is 12.0 Å². The SMILES string of the molecule is CCCCOC(=O)NC(CNC(=O)CO/N=C/c1ccc(C(=N)N)cc1)C(=O)OC. The lowest BCUT2D eigenvalue weighted by atomic mass is 10.1. The molecule has 0 heterocycles. The fraction of sp³-hybridized carbons (Fsp3) is 0.421. The molecule has 0 radical (unpaired) electrons. The third-order valence-corrected chi connectivity index (χ3v) is 3.71. The fourth-order valence-electron chi connectivity index (χ4n) is 2.04. The topological polar surface area (TPSA) is 165 Å². The molecule has 30 heavy (non-hydrogen) atoms. The molecule has 164 valence electrons. The van der Waals surface area contributed by atoms with Crippen LogP contribution >= 0.6 is 0 Å². The van der Waals surface area contributed by atoms with Crippen LogP contribution in [-0.4, -0.2) is 62.9 Å². The van der Waals surface area contributed by atoms with Crippen molar-refractivity contribution in [3.05, 3.63) is 35.4 Å². The van der Waals surface area contributed by atoms with Crippen molar-refractivity contribution in [1.82, 2.24) is 10.6 Å². The number of nitrogens with zero attached hydrogens (tertiary/aromatic N) is 1. The maximum Gasteiger partial charge on any atom is 0.407 e. The highest BCUT2D eigenvalue weighted by Crippen LogP contribution is 2.01. The van der Waals surface area contributed by atoms with Gasteiger partial charge in [-0.15, -0.1) is 0 Å². The molecule has 0 aromatic heterocycles. The molecule has 0 aliphatic rings. The van der Waals surface area contributed by atoms with Crippen molar-refractivity contribution < 1.29 is 28.7 Å². The third kappa shape index (κ3) is 9.53. The molecular weight excluding hydrogens is 394 g/mol. The predicted molar refractivity (Wildman–Crippen MR) is 109 cm³/mol. The largest absolute Gasteiger partial charge is 0.467 e. The number of ether oxygens (including phenoxy) is 2. The summed E-state index contributed by atoms with van der Waals surface area (Å²) in [5.74, 6) is -1.31. The zero-order valence-corrected chi connectivity index (χ0v) is 17.0. The molecule has 5 N–H and O–H groups in total. The molecule has 1 aromatic carbocycles. The van der Waals surface area contributed by atoms with E-state index in [1.165, 1.54) is 13.3 Å². The van der Waals surface area contributed by atoms with E-state index in [4.69, 9.17) is 20.7 Å². The van der Waals surface area contributed by atoms with Crippen molar-refractivity contribution in [2.24, 2.45) is 10.9 Å². The van der Waals surface area contributed by atoms with Gasteiger partial charge in [-0.25, -0.2) is 9.59 Å². The minimum atomic E-state index is -1.10. The van der Waals surface area contributed by atoms with Gasteiger partial charge in [0.25, 0.3) is 5.91 Å². The van der Waals surface area contributed by atoms with Crippen molar-refractivity contribution in [3.8, 4) is 0 Å². The number of hydrogen-bond acceptors (Lipinski definition) is 8. The van der Waals surface area contributed by atoms with Gasteiger partial charge in [0.1, 0.15) is 11.9 Å². The van der Waals surface area contributed by atoms with Crippen LogP contribution in [-0.2, 0) is 23.9 Å². The number of methoxy groups -OCH3 is 1. The number of nitrogens with one attached hydrogen (secondary N) is 3. The minimum absolute atomic E-state index is 0.0413. The summed E-state index contributed by atoms with van der Waals surface area (Å²) in [6.07, 6.45) is 2.18. The minimum Gasteiger partial charge on any atom is -0.467 e. The number of nitrogens with two attached hydrogens (primary N) is 1. The summed E-state index contributed by atoms with van der Waals surface area (Å²) < 4.78 is 9.53. The molecule has 1 unspecified atom stereocenters. The van der Waals surface area contributed by atoms with E-state index in [1.807, 2.05) is 6.92 Å². The number of hydrogen-bond donors (Lipinski definition) is 4. The van der Waals surface area contributed by atoms with Crippen LogP contribution in [0.15, 0.2) is 29.4 Å². The zero-order valence-electron chi connectivity index (χ0n) is 17.0. The summed E-state index contributed by atoms with van der Waals surface area (Å²) in [5, 5.41) is 15.8. The zero-order chi connectivity index (χ0) is 22.4. The van der Waals surface area contributed by atoms with E-state index in [9.17, 15) is 14.4 Å². The maximum atomic E-state index is 11.8. The van der Waals surface area contributed by atoms with E-state index in [0.29, 0.717) is 17.5 Å². The third-order valence-electron chi connectivity index (χ3n) is 3.71. The van der Waals surface area contributed by atoms with Crippen molar-refractivity contribution >= 4 is 30.0 Å². The average molecular weight is 421 g/mol. The van der Waals surface area contributed by atoms with Gasteiger partial charge < -0.3 is 30.7 Å². The Hall–Kier alpha value is -3.63. The molecule has 0 fully saturated rings. The number of carbonyl (C=O) groups is 3. The Balaban J connectivity index is 2.41. The summed E-state index contributed by atoms with van der Waals surface area (Å²) in [7, 11) is 1.17. The molecule has 0 aliphatic heterocycles. The number of nitrogen functional groups attached to an aromatic ring is 1. The molecule has 11 nitrogen and oxygen atoms in total.